The Bertz CT molecular complexity index is 865. The Morgan fingerprint density at radius 3 is 2.52 bits per heavy atom. The zero-order valence-electron chi connectivity index (χ0n) is 12.4. The number of Topliss-reactive ketones (excluding diaryl/α,β-unsaturated/α-hetero) is 1. The van der Waals surface area contributed by atoms with Crippen molar-refractivity contribution in [1.29, 1.82) is 5.26 Å². The van der Waals surface area contributed by atoms with Crippen LogP contribution in [0.25, 0.3) is 11.3 Å². The van der Waals surface area contributed by atoms with Gasteiger partial charge in [0.1, 0.15) is 5.69 Å². The normalized spacial score (nSPS) is 10.0. The summed E-state index contributed by atoms with van der Waals surface area (Å²) in [6.45, 7) is 0.260. The molecule has 110 valence electrons. The zero-order valence-corrected chi connectivity index (χ0v) is 12.4. The molecule has 2 aromatic carbocycles. The molecule has 0 aliphatic carbocycles. The number of aromatic nitrogens is 2. The van der Waals surface area contributed by atoms with Crippen molar-refractivity contribution in [2.45, 2.75) is 6.54 Å². The zero-order chi connectivity index (χ0) is 16.1. The van der Waals surface area contributed by atoms with Gasteiger partial charge in [-0.05, 0) is 12.1 Å². The maximum absolute atomic E-state index is 12.3. The largest absolute Gasteiger partial charge is 0.287 e. The summed E-state index contributed by atoms with van der Waals surface area (Å²) in [5, 5.41) is 8.84. The summed E-state index contributed by atoms with van der Waals surface area (Å²) in [5.74, 6) is 0.0487. The molecule has 4 nitrogen and oxygen atoms in total. The van der Waals surface area contributed by atoms with Gasteiger partial charge in [-0.1, -0.05) is 42.5 Å². The Morgan fingerprint density at radius 1 is 1.09 bits per heavy atom. The number of hydrogen-bond donors (Lipinski definition) is 0. The summed E-state index contributed by atoms with van der Waals surface area (Å²) in [7, 11) is 0. The molecule has 0 aliphatic heterocycles. The number of ketones is 1. The first-order chi connectivity index (χ1) is 11.3. The molecule has 0 N–H and O–H groups in total. The third-order valence-corrected chi connectivity index (χ3v) is 3.49. The number of nitriles is 1. The lowest BCUT2D eigenvalue weighted by Crippen LogP contribution is -2.37. The standard InChI is InChI=1S/C19H14N3O/c20-12-15-6-8-16(9-7-15)18-13-22(11-10-21-18)14-19(23)17-4-2-1-3-5-17/h1-11,13H,14H2/q+1. The van der Waals surface area contributed by atoms with E-state index in [4.69, 9.17) is 5.26 Å². The number of hydrogen-bond acceptors (Lipinski definition) is 3. The van der Waals surface area contributed by atoms with E-state index in [0.29, 0.717) is 11.1 Å². The predicted molar refractivity (Wildman–Crippen MR) is 85.4 cm³/mol. The highest BCUT2D eigenvalue weighted by atomic mass is 16.1. The van der Waals surface area contributed by atoms with Gasteiger partial charge in [0.25, 0.3) is 0 Å². The first-order valence-electron chi connectivity index (χ1n) is 7.20. The van der Waals surface area contributed by atoms with Crippen LogP contribution in [0.5, 0.6) is 0 Å². The highest BCUT2D eigenvalue weighted by Crippen LogP contribution is 2.15. The van der Waals surface area contributed by atoms with Crippen molar-refractivity contribution in [2.24, 2.45) is 0 Å². The van der Waals surface area contributed by atoms with E-state index in [2.05, 4.69) is 11.1 Å². The van der Waals surface area contributed by atoms with Crippen LogP contribution >= 0.6 is 0 Å². The average molecular weight is 300 g/mol. The molecule has 0 unspecified atom stereocenters. The van der Waals surface area contributed by atoms with Gasteiger partial charge in [-0.15, -0.1) is 0 Å². The Hall–Kier alpha value is -3.32. The molecular formula is C19H14N3O+. The Kier molecular flexibility index (Phi) is 4.21. The summed E-state index contributed by atoms with van der Waals surface area (Å²) in [5.41, 5.74) is 2.97. The third kappa shape index (κ3) is 3.47. The fraction of sp³-hybridized carbons (Fsp3) is 0.0526. The molecule has 1 aromatic heterocycles. The van der Waals surface area contributed by atoms with Crippen LogP contribution in [0.2, 0.25) is 0 Å². The van der Waals surface area contributed by atoms with Gasteiger partial charge in [-0.25, -0.2) is 4.98 Å². The number of rotatable bonds is 4. The molecule has 0 atom stereocenters. The summed E-state index contributed by atoms with van der Waals surface area (Å²) in [6, 6.07) is 18.5. The quantitative estimate of drug-likeness (QED) is 0.550. The molecular weight excluding hydrogens is 286 g/mol. The Balaban J connectivity index is 1.82. The van der Waals surface area contributed by atoms with Crippen LogP contribution in [0.3, 0.4) is 0 Å². The van der Waals surface area contributed by atoms with Crippen molar-refractivity contribution in [3.05, 3.63) is 84.3 Å². The van der Waals surface area contributed by atoms with Gasteiger partial charge in [0.2, 0.25) is 12.3 Å². The second kappa shape index (κ2) is 6.63. The van der Waals surface area contributed by atoms with Gasteiger partial charge in [0.15, 0.2) is 12.4 Å². The van der Waals surface area contributed by atoms with E-state index in [1.54, 1.807) is 24.5 Å². The lowest BCUT2D eigenvalue weighted by molar-refractivity contribution is -0.683. The maximum atomic E-state index is 12.3. The summed E-state index contributed by atoms with van der Waals surface area (Å²) in [6.07, 6.45) is 5.28. The van der Waals surface area contributed by atoms with E-state index in [-0.39, 0.29) is 12.3 Å². The molecule has 0 radical (unpaired) electrons. The lowest BCUT2D eigenvalue weighted by atomic mass is 10.1. The van der Waals surface area contributed by atoms with Gasteiger partial charge in [0.05, 0.1) is 17.8 Å². The molecule has 23 heavy (non-hydrogen) atoms. The van der Waals surface area contributed by atoms with E-state index >= 15 is 0 Å². The predicted octanol–water partition coefficient (Wildman–Crippen LogP) is 2.79. The fourth-order valence-electron chi connectivity index (χ4n) is 2.28. The number of carbonyl (C=O) groups is 1. The Labute approximate surface area is 134 Å². The fourth-order valence-corrected chi connectivity index (χ4v) is 2.28. The van der Waals surface area contributed by atoms with Crippen molar-refractivity contribution in [1.82, 2.24) is 4.98 Å². The summed E-state index contributed by atoms with van der Waals surface area (Å²) < 4.78 is 1.82. The Morgan fingerprint density at radius 2 is 1.83 bits per heavy atom. The number of carbonyl (C=O) groups excluding carboxylic acids is 1. The lowest BCUT2D eigenvalue weighted by Gasteiger charge is -2.01. The van der Waals surface area contributed by atoms with E-state index in [0.717, 1.165) is 11.3 Å². The molecule has 0 fully saturated rings. The van der Waals surface area contributed by atoms with E-state index < -0.39 is 0 Å². The van der Waals surface area contributed by atoms with Gasteiger partial charge < -0.3 is 0 Å². The molecule has 0 spiro atoms. The SMILES string of the molecule is N#Cc1ccc(-c2c[n+](CC(=O)c3ccccc3)ccn2)cc1. The first-order valence-corrected chi connectivity index (χ1v) is 7.20. The van der Waals surface area contributed by atoms with Crippen molar-refractivity contribution in [2.75, 3.05) is 0 Å². The molecule has 1 heterocycles. The van der Waals surface area contributed by atoms with Gasteiger partial charge in [0, 0.05) is 11.1 Å². The van der Waals surface area contributed by atoms with Crippen LogP contribution in [0, 0.1) is 11.3 Å². The molecule has 0 aliphatic rings. The monoisotopic (exact) mass is 300 g/mol. The minimum absolute atomic E-state index is 0.0487. The van der Waals surface area contributed by atoms with E-state index in [1.165, 1.54) is 0 Å². The van der Waals surface area contributed by atoms with Gasteiger partial charge >= 0.3 is 0 Å². The number of nitrogens with zero attached hydrogens (tertiary/aromatic N) is 3. The average Bonchev–Trinajstić information content (AvgIpc) is 2.63. The summed E-state index contributed by atoms with van der Waals surface area (Å²) in [4.78, 5) is 16.6. The second-order valence-corrected chi connectivity index (χ2v) is 5.09. The van der Waals surface area contributed by atoms with E-state index in [1.807, 2.05) is 53.2 Å². The minimum Gasteiger partial charge on any atom is -0.287 e. The first kappa shape index (κ1) is 14.6. The van der Waals surface area contributed by atoms with Crippen LogP contribution in [0.15, 0.2) is 73.2 Å². The second-order valence-electron chi connectivity index (χ2n) is 5.09. The summed E-state index contributed by atoms with van der Waals surface area (Å²) >= 11 is 0. The molecule has 0 saturated heterocycles. The molecule has 3 rings (SSSR count). The van der Waals surface area contributed by atoms with Crippen molar-refractivity contribution in [3.63, 3.8) is 0 Å². The van der Waals surface area contributed by atoms with Crippen molar-refractivity contribution >= 4 is 5.78 Å². The highest BCUT2D eigenvalue weighted by molar-refractivity contribution is 5.94. The molecule has 0 amide bonds. The minimum atomic E-state index is 0.0487. The van der Waals surface area contributed by atoms with Crippen LogP contribution in [0.4, 0.5) is 0 Å². The van der Waals surface area contributed by atoms with Gasteiger partial charge in [-0.3, -0.25) is 4.79 Å². The van der Waals surface area contributed by atoms with E-state index in [9.17, 15) is 4.79 Å². The van der Waals surface area contributed by atoms with Crippen LogP contribution in [-0.2, 0) is 6.54 Å². The van der Waals surface area contributed by atoms with Crippen LogP contribution in [-0.4, -0.2) is 10.8 Å². The van der Waals surface area contributed by atoms with Gasteiger partial charge in [-0.2, -0.15) is 9.83 Å². The van der Waals surface area contributed by atoms with Crippen molar-refractivity contribution < 1.29 is 9.36 Å². The highest BCUT2D eigenvalue weighted by Gasteiger charge is 2.13. The molecule has 0 saturated carbocycles. The molecule has 0 bridgehead atoms. The third-order valence-electron chi connectivity index (χ3n) is 3.49. The van der Waals surface area contributed by atoms with Crippen LogP contribution < -0.4 is 4.57 Å². The maximum Gasteiger partial charge on any atom is 0.227 e. The smallest absolute Gasteiger partial charge is 0.227 e. The topological polar surface area (TPSA) is 57.6 Å². The molecule has 4 heteroatoms. The van der Waals surface area contributed by atoms with Crippen molar-refractivity contribution in [3.8, 4) is 17.3 Å². The molecule has 3 aromatic rings. The number of benzene rings is 2. The van der Waals surface area contributed by atoms with Crippen LogP contribution in [0.1, 0.15) is 15.9 Å².